The van der Waals surface area contributed by atoms with Crippen molar-refractivity contribution in [3.63, 3.8) is 0 Å². The Morgan fingerprint density at radius 3 is 2.24 bits per heavy atom. The number of halogens is 2. The Labute approximate surface area is 253 Å². The Kier molecular flexibility index (Phi) is 8.98. The first-order valence-corrected chi connectivity index (χ1v) is 15.5. The summed E-state index contributed by atoms with van der Waals surface area (Å²) in [5.74, 6) is -0.627. The van der Waals surface area contributed by atoms with E-state index in [4.69, 9.17) is 0 Å². The van der Waals surface area contributed by atoms with Gasteiger partial charge < -0.3 is 0 Å². The van der Waals surface area contributed by atoms with Crippen LogP contribution in [0.3, 0.4) is 0 Å². The van der Waals surface area contributed by atoms with Crippen LogP contribution in [-0.2, 0) is 7.05 Å². The molecule has 1 atom stereocenters. The van der Waals surface area contributed by atoms with E-state index in [1.807, 2.05) is 46.8 Å². The molecule has 1 fully saturated rings. The van der Waals surface area contributed by atoms with Crippen molar-refractivity contribution in [1.29, 1.82) is 0 Å². The smallest absolute Gasteiger partial charge is 0.280 e. The topological polar surface area (TPSA) is 56.0 Å². The fourth-order valence-electron chi connectivity index (χ4n) is 6.33. The van der Waals surface area contributed by atoms with Gasteiger partial charge in [0.15, 0.2) is 24.7 Å². The van der Waals surface area contributed by atoms with E-state index in [-0.39, 0.29) is 41.6 Å². The molecule has 6 nitrogen and oxygen atoms in total. The number of nitrogens with zero attached hydrogens (tertiary/aromatic N) is 5. The highest BCUT2D eigenvalue weighted by molar-refractivity contribution is 7.92. The maximum absolute atomic E-state index is 16.1. The highest BCUT2D eigenvalue weighted by Gasteiger charge is 2.49. The lowest BCUT2D eigenvalue weighted by Gasteiger charge is -2.35. The van der Waals surface area contributed by atoms with Crippen molar-refractivity contribution in [3.05, 3.63) is 71.1 Å². The van der Waals surface area contributed by atoms with E-state index in [1.54, 1.807) is 40.9 Å². The second-order valence-corrected chi connectivity index (χ2v) is 12.5. The molecule has 6 rings (SSSR count). The Morgan fingerprint density at radius 2 is 1.64 bits per heavy atom. The molecule has 1 amide bonds. The van der Waals surface area contributed by atoms with Crippen LogP contribution < -0.4 is 10.4 Å². The molecule has 1 saturated heterocycles. The number of hydrogen-bond acceptors (Lipinski definition) is 4. The zero-order chi connectivity index (χ0) is 31.1. The van der Waals surface area contributed by atoms with Crippen molar-refractivity contribution in [1.82, 2.24) is 18.7 Å². The van der Waals surface area contributed by atoms with Gasteiger partial charge in [0.25, 0.3) is 5.91 Å². The number of fused-ring (bicyclic) bond motifs is 2. The number of rotatable bonds is 4. The molecule has 4 heterocycles. The summed E-state index contributed by atoms with van der Waals surface area (Å²) in [5, 5.41) is 4.48. The van der Waals surface area contributed by atoms with Crippen LogP contribution in [0.15, 0.2) is 42.7 Å². The zero-order valence-corrected chi connectivity index (χ0v) is 27.2. The molecule has 10 heteroatoms. The van der Waals surface area contributed by atoms with E-state index >= 15 is 4.39 Å². The minimum absolute atomic E-state index is 0.0602. The zero-order valence-electron chi connectivity index (χ0n) is 26.4. The summed E-state index contributed by atoms with van der Waals surface area (Å²) < 4.78 is 32.3. The van der Waals surface area contributed by atoms with Gasteiger partial charge in [-0.3, -0.25) is 14.4 Å². The van der Waals surface area contributed by atoms with Gasteiger partial charge in [-0.15, -0.1) is 3.89 Å². The molecule has 0 N–H and O–H groups in total. The highest BCUT2D eigenvalue weighted by atomic mass is 32.2. The standard InChI is InChI=1S/C28H30BF2N5OS.2C2H6/c1-16-23-24(33-34(16)6)26(37)36(18-8-10-22-21(12-18)32-15-35(22)38-31)25(23)19-9-7-17(11-20(19)30)29-13-27(2,3)28(4,5)14-29;2*1-2/h7-12,15,25H,13-14H2,1-6H3;2*1-2H3. The van der Waals surface area contributed by atoms with Crippen LogP contribution in [0, 0.1) is 23.6 Å². The summed E-state index contributed by atoms with van der Waals surface area (Å²) in [4.78, 5) is 19.6. The number of anilines is 1. The summed E-state index contributed by atoms with van der Waals surface area (Å²) in [5.41, 5.74) is 5.29. The molecule has 2 aliphatic heterocycles. The summed E-state index contributed by atoms with van der Waals surface area (Å²) in [6.07, 6.45) is 3.40. The van der Waals surface area contributed by atoms with Crippen LogP contribution in [0.1, 0.15) is 88.7 Å². The molecule has 224 valence electrons. The Hall–Kier alpha value is -3.14. The highest BCUT2D eigenvalue weighted by Crippen LogP contribution is 2.53. The number of hydrogen-bond donors (Lipinski definition) is 0. The number of carbonyl (C=O) groups excluding carboxylic acids is 1. The van der Waals surface area contributed by atoms with Gasteiger partial charge in [0.05, 0.1) is 17.1 Å². The van der Waals surface area contributed by atoms with E-state index in [0.29, 0.717) is 33.5 Å². The molecular weight excluding hydrogens is 551 g/mol. The normalized spacial score (nSPS) is 18.5. The molecular formula is C32H42BF2N5OS. The molecule has 2 aromatic carbocycles. The van der Waals surface area contributed by atoms with Crippen LogP contribution in [0.5, 0.6) is 0 Å². The Balaban J connectivity index is 0.000000972. The van der Waals surface area contributed by atoms with E-state index in [1.165, 1.54) is 10.3 Å². The van der Waals surface area contributed by atoms with Crippen molar-refractivity contribution in [2.75, 3.05) is 4.90 Å². The number of aryl methyl sites for hydroxylation is 1. The lowest BCUT2D eigenvalue weighted by molar-refractivity contribution is 0.0988. The van der Waals surface area contributed by atoms with E-state index < -0.39 is 6.04 Å². The lowest BCUT2D eigenvalue weighted by Crippen LogP contribution is -2.32. The first-order chi connectivity index (χ1) is 19.9. The third-order valence-electron chi connectivity index (χ3n) is 9.32. The Morgan fingerprint density at radius 1 is 1.00 bits per heavy atom. The number of aromatic nitrogens is 4. The molecule has 1 unspecified atom stereocenters. The van der Waals surface area contributed by atoms with Crippen LogP contribution in [0.4, 0.5) is 14.0 Å². The number of carbonyl (C=O) groups is 1. The van der Waals surface area contributed by atoms with Crippen molar-refractivity contribution in [2.24, 2.45) is 17.9 Å². The average molecular weight is 594 g/mol. The lowest BCUT2D eigenvalue weighted by atomic mass is 9.42. The van der Waals surface area contributed by atoms with Gasteiger partial charge in [-0.1, -0.05) is 85.6 Å². The van der Waals surface area contributed by atoms with E-state index in [9.17, 15) is 8.68 Å². The molecule has 0 bridgehead atoms. The molecule has 4 aromatic rings. The second kappa shape index (κ2) is 11.9. The first kappa shape index (κ1) is 31.8. The van der Waals surface area contributed by atoms with Gasteiger partial charge in [0, 0.05) is 29.6 Å². The van der Waals surface area contributed by atoms with Crippen LogP contribution in [0.25, 0.3) is 11.0 Å². The number of amides is 1. The fraction of sp³-hybridized carbons (Fsp3) is 0.469. The summed E-state index contributed by atoms with van der Waals surface area (Å²) in [6, 6.07) is 10.1. The van der Waals surface area contributed by atoms with Gasteiger partial charge in [-0.05, 0) is 42.0 Å². The maximum atomic E-state index is 16.1. The maximum Gasteiger partial charge on any atom is 0.280 e. The van der Waals surface area contributed by atoms with Crippen molar-refractivity contribution in [2.45, 2.75) is 81.0 Å². The minimum Gasteiger partial charge on any atom is -0.295 e. The van der Waals surface area contributed by atoms with Gasteiger partial charge in [-0.25, -0.2) is 13.3 Å². The molecule has 0 radical (unpaired) electrons. The monoisotopic (exact) mass is 593 g/mol. The van der Waals surface area contributed by atoms with Gasteiger partial charge in [0.1, 0.15) is 12.1 Å². The Bertz CT molecular complexity index is 1600. The van der Waals surface area contributed by atoms with Crippen LogP contribution in [-0.4, -0.2) is 31.4 Å². The van der Waals surface area contributed by atoms with E-state index in [0.717, 1.165) is 23.8 Å². The molecule has 2 aromatic heterocycles. The summed E-state index contributed by atoms with van der Waals surface area (Å²) in [6.45, 7) is 19.3. The first-order valence-electron chi connectivity index (χ1n) is 14.9. The van der Waals surface area contributed by atoms with Crippen molar-refractivity contribution in [3.8, 4) is 0 Å². The van der Waals surface area contributed by atoms with E-state index in [2.05, 4.69) is 37.8 Å². The molecule has 42 heavy (non-hydrogen) atoms. The summed E-state index contributed by atoms with van der Waals surface area (Å²) >= 11 is 0.0602. The minimum atomic E-state index is -0.674. The van der Waals surface area contributed by atoms with Gasteiger partial charge >= 0.3 is 0 Å². The number of imidazole rings is 1. The molecule has 0 saturated carbocycles. The predicted octanol–water partition coefficient (Wildman–Crippen LogP) is 8.17. The van der Waals surface area contributed by atoms with Crippen molar-refractivity contribution >= 4 is 47.1 Å². The third-order valence-corrected chi connectivity index (χ3v) is 9.76. The molecule has 0 spiro atoms. The average Bonchev–Trinajstić information content (AvgIpc) is 3.66. The van der Waals surface area contributed by atoms with Crippen molar-refractivity contribution < 1.29 is 13.1 Å². The SMILES string of the molecule is CC.CC.Cc1c2c(nn1C)C(=O)N(c1ccc3c(c1)ncn3SF)C2c1ccc(B2CC(C)(C)C(C)(C)C2)cc1F. The second-order valence-electron chi connectivity index (χ2n) is 12.0. The van der Waals surface area contributed by atoms with Crippen LogP contribution in [0.2, 0.25) is 12.6 Å². The predicted molar refractivity (Wildman–Crippen MR) is 172 cm³/mol. The number of benzene rings is 2. The molecule has 2 aliphatic rings. The largest absolute Gasteiger partial charge is 0.295 e. The van der Waals surface area contributed by atoms with Gasteiger partial charge in [0.2, 0.25) is 0 Å². The quantitative estimate of drug-likeness (QED) is 0.224. The third kappa shape index (κ3) is 5.05. The molecule has 0 aliphatic carbocycles. The summed E-state index contributed by atoms with van der Waals surface area (Å²) in [7, 11) is 1.79. The van der Waals surface area contributed by atoms with Crippen LogP contribution >= 0.6 is 12.3 Å². The van der Waals surface area contributed by atoms with Gasteiger partial charge in [-0.2, -0.15) is 5.10 Å². The fourth-order valence-corrected chi connectivity index (χ4v) is 6.64.